The number of benzene rings is 2. The molecule has 1 N–H and O–H groups in total. The minimum absolute atomic E-state index is 0.119. The monoisotopic (exact) mass is 341 g/mol. The smallest absolute Gasteiger partial charge is 0.241 e. The molecule has 0 saturated heterocycles. The van der Waals surface area contributed by atoms with Crippen LogP contribution in [-0.2, 0) is 10.0 Å². The Morgan fingerprint density at radius 2 is 1.78 bits per heavy atom. The van der Waals surface area contributed by atoms with E-state index in [4.69, 9.17) is 9.47 Å². The molecule has 3 rings (SSSR count). The summed E-state index contributed by atoms with van der Waals surface area (Å²) >= 11 is 0. The summed E-state index contributed by atoms with van der Waals surface area (Å²) in [6.07, 6.45) is 0. The standard InChI is InChI=1S/C15H13F2NO4S/c1-9(10-2-5-14-15(6-10)22-8-21-14)18-23(19,20)11-3-4-12(16)13(17)7-11/h2-7,9,18H,8H2,1H3/t9-/m1/s1. The van der Waals surface area contributed by atoms with E-state index >= 15 is 0 Å². The van der Waals surface area contributed by atoms with Crippen LogP contribution in [0.2, 0.25) is 0 Å². The van der Waals surface area contributed by atoms with Crippen molar-refractivity contribution in [2.24, 2.45) is 0 Å². The fraction of sp³-hybridized carbons (Fsp3) is 0.200. The van der Waals surface area contributed by atoms with E-state index < -0.39 is 27.7 Å². The summed E-state index contributed by atoms with van der Waals surface area (Å²) in [7, 11) is -3.99. The maximum absolute atomic E-state index is 13.2. The Balaban J connectivity index is 1.83. The number of rotatable bonds is 4. The van der Waals surface area contributed by atoms with Gasteiger partial charge in [0.15, 0.2) is 23.1 Å². The normalized spacial score (nSPS) is 14.7. The van der Waals surface area contributed by atoms with Gasteiger partial charge in [0.1, 0.15) is 0 Å². The van der Waals surface area contributed by atoms with Crippen molar-refractivity contribution >= 4 is 10.0 Å². The summed E-state index contributed by atoms with van der Waals surface area (Å²) in [4.78, 5) is -0.344. The highest BCUT2D eigenvalue weighted by Gasteiger charge is 2.22. The molecule has 0 saturated carbocycles. The minimum atomic E-state index is -3.99. The van der Waals surface area contributed by atoms with E-state index in [1.165, 1.54) is 0 Å². The van der Waals surface area contributed by atoms with Crippen molar-refractivity contribution in [3.05, 3.63) is 53.6 Å². The minimum Gasteiger partial charge on any atom is -0.454 e. The molecule has 2 aromatic rings. The third kappa shape index (κ3) is 3.13. The molecule has 0 aliphatic carbocycles. The highest BCUT2D eigenvalue weighted by Crippen LogP contribution is 2.34. The highest BCUT2D eigenvalue weighted by molar-refractivity contribution is 7.89. The summed E-state index contributed by atoms with van der Waals surface area (Å²) in [5.74, 6) is -1.21. The lowest BCUT2D eigenvalue weighted by Gasteiger charge is -2.15. The molecule has 0 bridgehead atoms. The molecule has 0 aromatic heterocycles. The first kappa shape index (κ1) is 15.7. The molecule has 0 fully saturated rings. The van der Waals surface area contributed by atoms with E-state index in [1.807, 2.05) is 0 Å². The van der Waals surface area contributed by atoms with Crippen LogP contribution in [0.1, 0.15) is 18.5 Å². The summed E-state index contributed by atoms with van der Waals surface area (Å²) < 4.78 is 63.5. The fourth-order valence-corrected chi connectivity index (χ4v) is 3.44. The molecule has 0 amide bonds. The number of hydrogen-bond donors (Lipinski definition) is 1. The van der Waals surface area contributed by atoms with Gasteiger partial charge in [0.25, 0.3) is 0 Å². The van der Waals surface area contributed by atoms with E-state index in [0.29, 0.717) is 23.1 Å². The van der Waals surface area contributed by atoms with E-state index in [2.05, 4.69) is 4.72 Å². The first-order valence-corrected chi connectivity index (χ1v) is 8.22. The predicted molar refractivity (Wildman–Crippen MR) is 77.7 cm³/mol. The average Bonchev–Trinajstić information content (AvgIpc) is 2.96. The van der Waals surface area contributed by atoms with Gasteiger partial charge in [-0.3, -0.25) is 0 Å². The van der Waals surface area contributed by atoms with Gasteiger partial charge in [-0.25, -0.2) is 21.9 Å². The van der Waals surface area contributed by atoms with Crippen LogP contribution in [0.25, 0.3) is 0 Å². The summed E-state index contributed by atoms with van der Waals surface area (Å²) in [5.41, 5.74) is 0.653. The van der Waals surface area contributed by atoms with Gasteiger partial charge in [0.05, 0.1) is 4.90 Å². The van der Waals surface area contributed by atoms with Crippen LogP contribution >= 0.6 is 0 Å². The topological polar surface area (TPSA) is 64.6 Å². The van der Waals surface area contributed by atoms with Crippen LogP contribution in [0, 0.1) is 11.6 Å². The second-order valence-electron chi connectivity index (χ2n) is 5.03. The Kier molecular flexibility index (Phi) is 3.95. The summed E-state index contributed by atoms with van der Waals surface area (Å²) in [6, 6.07) is 6.88. The number of hydrogen-bond acceptors (Lipinski definition) is 4. The van der Waals surface area contributed by atoms with Gasteiger partial charge in [-0.1, -0.05) is 6.07 Å². The molecule has 1 aliphatic heterocycles. The predicted octanol–water partition coefficient (Wildman–Crippen LogP) is 2.73. The van der Waals surface area contributed by atoms with Gasteiger partial charge in [0.2, 0.25) is 16.8 Å². The summed E-state index contributed by atoms with van der Waals surface area (Å²) in [6.45, 7) is 1.75. The Labute approximate surface area is 131 Å². The van der Waals surface area contributed by atoms with Crippen LogP contribution in [0.5, 0.6) is 11.5 Å². The number of sulfonamides is 1. The molecular weight excluding hydrogens is 328 g/mol. The Hall–Kier alpha value is -2.19. The molecule has 1 aliphatic rings. The maximum Gasteiger partial charge on any atom is 0.241 e. The van der Waals surface area contributed by atoms with Gasteiger partial charge in [-0.05, 0) is 42.8 Å². The highest BCUT2D eigenvalue weighted by atomic mass is 32.2. The largest absolute Gasteiger partial charge is 0.454 e. The number of ether oxygens (including phenoxy) is 2. The summed E-state index contributed by atoms with van der Waals surface area (Å²) in [5, 5.41) is 0. The van der Waals surface area contributed by atoms with Crippen molar-refractivity contribution in [2.45, 2.75) is 17.9 Å². The average molecular weight is 341 g/mol. The molecule has 8 heteroatoms. The van der Waals surface area contributed by atoms with Crippen LogP contribution in [0.15, 0.2) is 41.3 Å². The molecule has 23 heavy (non-hydrogen) atoms. The van der Waals surface area contributed by atoms with Gasteiger partial charge in [0, 0.05) is 6.04 Å². The molecule has 0 radical (unpaired) electrons. The first-order valence-electron chi connectivity index (χ1n) is 6.74. The number of nitrogens with one attached hydrogen (secondary N) is 1. The third-order valence-electron chi connectivity index (χ3n) is 3.43. The van der Waals surface area contributed by atoms with Crippen molar-refractivity contribution < 1.29 is 26.7 Å². The molecule has 2 aromatic carbocycles. The first-order chi connectivity index (χ1) is 10.9. The van der Waals surface area contributed by atoms with Gasteiger partial charge in [-0.15, -0.1) is 0 Å². The lowest BCUT2D eigenvalue weighted by Crippen LogP contribution is -2.27. The molecule has 0 spiro atoms. The van der Waals surface area contributed by atoms with Crippen molar-refractivity contribution in [1.82, 2.24) is 4.72 Å². The van der Waals surface area contributed by atoms with Gasteiger partial charge >= 0.3 is 0 Å². The van der Waals surface area contributed by atoms with Crippen molar-refractivity contribution in [2.75, 3.05) is 6.79 Å². The SMILES string of the molecule is C[C@@H](NS(=O)(=O)c1ccc(F)c(F)c1)c1ccc2c(c1)OCO2. The zero-order valence-corrected chi connectivity index (χ0v) is 12.9. The van der Waals surface area contributed by atoms with E-state index in [1.54, 1.807) is 25.1 Å². The van der Waals surface area contributed by atoms with Crippen molar-refractivity contribution in [3.63, 3.8) is 0 Å². The lowest BCUT2D eigenvalue weighted by molar-refractivity contribution is 0.174. The Morgan fingerprint density at radius 1 is 1.04 bits per heavy atom. The Bertz CT molecular complexity index is 855. The van der Waals surface area contributed by atoms with Crippen molar-refractivity contribution in [3.8, 4) is 11.5 Å². The van der Waals surface area contributed by atoms with E-state index in [0.717, 1.165) is 12.1 Å². The van der Waals surface area contributed by atoms with Crippen LogP contribution in [0.4, 0.5) is 8.78 Å². The lowest BCUT2D eigenvalue weighted by atomic mass is 10.1. The van der Waals surface area contributed by atoms with Crippen LogP contribution in [0.3, 0.4) is 0 Å². The van der Waals surface area contributed by atoms with E-state index in [-0.39, 0.29) is 11.7 Å². The van der Waals surface area contributed by atoms with Crippen LogP contribution in [-0.4, -0.2) is 15.2 Å². The number of halogens is 2. The molecule has 1 heterocycles. The third-order valence-corrected chi connectivity index (χ3v) is 4.97. The van der Waals surface area contributed by atoms with Crippen LogP contribution < -0.4 is 14.2 Å². The fourth-order valence-electron chi connectivity index (χ4n) is 2.20. The number of fused-ring (bicyclic) bond motifs is 1. The molecule has 1 atom stereocenters. The second-order valence-corrected chi connectivity index (χ2v) is 6.75. The van der Waals surface area contributed by atoms with Gasteiger partial charge in [-0.2, -0.15) is 0 Å². The maximum atomic E-state index is 13.2. The molecule has 5 nitrogen and oxygen atoms in total. The molecular formula is C15H13F2NO4S. The zero-order valence-electron chi connectivity index (χ0n) is 12.0. The molecule has 122 valence electrons. The van der Waals surface area contributed by atoms with E-state index in [9.17, 15) is 17.2 Å². The van der Waals surface area contributed by atoms with Gasteiger partial charge < -0.3 is 9.47 Å². The Morgan fingerprint density at radius 3 is 2.52 bits per heavy atom. The van der Waals surface area contributed by atoms with Crippen molar-refractivity contribution in [1.29, 1.82) is 0 Å². The zero-order chi connectivity index (χ0) is 16.6. The quantitative estimate of drug-likeness (QED) is 0.929. The second kappa shape index (κ2) is 5.78. The molecule has 0 unspecified atom stereocenters.